The van der Waals surface area contributed by atoms with Gasteiger partial charge in [0.05, 0.1) is 19.4 Å². The minimum Gasteiger partial charge on any atom is -0.494 e. The summed E-state index contributed by atoms with van der Waals surface area (Å²) in [6, 6.07) is 4.76. The smallest absolute Gasteiger partial charge is 0.231 e. The summed E-state index contributed by atoms with van der Waals surface area (Å²) in [5.41, 5.74) is 2.41. The molecular formula is C19H15F2N5O2. The van der Waals surface area contributed by atoms with Crippen LogP contribution in [0.25, 0.3) is 33.2 Å². The molecular weight excluding hydrogens is 368 g/mol. The topological polar surface area (TPSA) is 95.7 Å². The van der Waals surface area contributed by atoms with Gasteiger partial charge in [0.15, 0.2) is 11.6 Å². The van der Waals surface area contributed by atoms with Crippen molar-refractivity contribution in [2.75, 3.05) is 12.4 Å². The molecule has 7 nitrogen and oxygen atoms in total. The third kappa shape index (κ3) is 2.50. The predicted octanol–water partition coefficient (Wildman–Crippen LogP) is 3.55. The molecule has 1 aliphatic rings. The maximum atomic E-state index is 14.5. The zero-order valence-corrected chi connectivity index (χ0v) is 14.7. The molecule has 142 valence electrons. The summed E-state index contributed by atoms with van der Waals surface area (Å²) >= 11 is 0. The number of hydrogen-bond donors (Lipinski definition) is 3. The Balaban J connectivity index is 1.57. The van der Waals surface area contributed by atoms with Crippen molar-refractivity contribution in [2.24, 2.45) is 5.92 Å². The lowest BCUT2D eigenvalue weighted by atomic mass is 10.0. The van der Waals surface area contributed by atoms with Crippen molar-refractivity contribution in [3.63, 3.8) is 0 Å². The molecule has 0 saturated heterocycles. The molecule has 0 radical (unpaired) electrons. The van der Waals surface area contributed by atoms with Gasteiger partial charge in [0, 0.05) is 22.7 Å². The van der Waals surface area contributed by atoms with E-state index in [0.29, 0.717) is 33.9 Å². The number of aromatic nitrogens is 4. The van der Waals surface area contributed by atoms with Gasteiger partial charge in [-0.15, -0.1) is 0 Å². The number of carbonyl (C=O) groups is 1. The first kappa shape index (κ1) is 16.7. The molecule has 0 bridgehead atoms. The van der Waals surface area contributed by atoms with E-state index in [-0.39, 0.29) is 17.8 Å². The van der Waals surface area contributed by atoms with Crippen LogP contribution >= 0.6 is 0 Å². The Morgan fingerprint density at radius 3 is 2.89 bits per heavy atom. The van der Waals surface area contributed by atoms with Crippen molar-refractivity contribution in [2.45, 2.75) is 12.6 Å². The van der Waals surface area contributed by atoms with Crippen molar-refractivity contribution in [3.05, 3.63) is 36.5 Å². The van der Waals surface area contributed by atoms with E-state index in [4.69, 9.17) is 4.74 Å². The Hall–Kier alpha value is -3.49. The van der Waals surface area contributed by atoms with E-state index in [9.17, 15) is 13.6 Å². The number of nitrogens with zero attached hydrogens (tertiary/aromatic N) is 2. The molecule has 1 amide bonds. The molecule has 0 unspecified atom stereocenters. The third-order valence-electron chi connectivity index (χ3n) is 4.94. The minimum absolute atomic E-state index is 0.204. The van der Waals surface area contributed by atoms with Crippen LogP contribution in [0.3, 0.4) is 0 Å². The molecule has 4 aromatic rings. The summed E-state index contributed by atoms with van der Waals surface area (Å²) in [5.74, 6) is -0.643. The summed E-state index contributed by atoms with van der Waals surface area (Å²) < 4.78 is 33.0. The van der Waals surface area contributed by atoms with Gasteiger partial charge in [-0.05, 0) is 24.6 Å². The van der Waals surface area contributed by atoms with Crippen LogP contribution < -0.4 is 10.1 Å². The van der Waals surface area contributed by atoms with Crippen LogP contribution in [-0.2, 0) is 4.79 Å². The zero-order valence-electron chi connectivity index (χ0n) is 14.7. The van der Waals surface area contributed by atoms with Crippen LogP contribution in [0.15, 0.2) is 30.7 Å². The Bertz CT molecular complexity index is 1230. The quantitative estimate of drug-likeness (QED) is 0.502. The van der Waals surface area contributed by atoms with E-state index >= 15 is 0 Å². The molecule has 3 heterocycles. The van der Waals surface area contributed by atoms with Gasteiger partial charge in [0.2, 0.25) is 5.91 Å². The van der Waals surface area contributed by atoms with Crippen molar-refractivity contribution in [1.82, 2.24) is 19.9 Å². The van der Waals surface area contributed by atoms with Gasteiger partial charge in [0.25, 0.3) is 0 Å². The summed E-state index contributed by atoms with van der Waals surface area (Å²) in [5, 5.41) is 3.35. The number of H-pyrrole nitrogens is 2. The molecule has 9 heteroatoms. The number of ether oxygens (including phenoxy) is 1. The second-order valence-corrected chi connectivity index (χ2v) is 6.71. The van der Waals surface area contributed by atoms with Crippen LogP contribution in [0.5, 0.6) is 5.75 Å². The van der Waals surface area contributed by atoms with Gasteiger partial charge in [-0.3, -0.25) is 4.79 Å². The van der Waals surface area contributed by atoms with E-state index in [1.54, 1.807) is 18.3 Å². The van der Waals surface area contributed by atoms with Gasteiger partial charge in [-0.25, -0.2) is 18.7 Å². The molecule has 28 heavy (non-hydrogen) atoms. The minimum atomic E-state index is -1.07. The van der Waals surface area contributed by atoms with Crippen molar-refractivity contribution in [3.8, 4) is 16.9 Å². The maximum absolute atomic E-state index is 14.5. The van der Waals surface area contributed by atoms with E-state index < -0.39 is 17.9 Å². The van der Waals surface area contributed by atoms with Crippen molar-refractivity contribution < 1.29 is 18.3 Å². The highest BCUT2D eigenvalue weighted by atomic mass is 19.1. The highest BCUT2D eigenvalue weighted by Crippen LogP contribution is 2.40. The number of nitrogens with one attached hydrogen (secondary N) is 3. The number of imidazole rings is 1. The number of benzene rings is 1. The van der Waals surface area contributed by atoms with Gasteiger partial charge in [-0.1, -0.05) is 0 Å². The van der Waals surface area contributed by atoms with Gasteiger partial charge < -0.3 is 20.0 Å². The van der Waals surface area contributed by atoms with Crippen molar-refractivity contribution in [1.29, 1.82) is 0 Å². The lowest BCUT2D eigenvalue weighted by Crippen LogP contribution is -2.15. The molecule has 1 aromatic carbocycles. The molecule has 5 rings (SSSR count). The standard InChI is InChI=1S/C19H15F2N5O2/c1-28-17-9(4-13(21)15-16(17)24-7-23-15)11-6-22-18-8(11)2-3-14(25-18)26-19(27)10-5-12(10)20/h2-4,6-7,10,12H,5H2,1H3,(H,23,24)(H2,22,25,26,27)/t10-,12+/m1/s1. The fraction of sp³-hybridized carbons (Fsp3) is 0.211. The number of hydrogen-bond acceptors (Lipinski definition) is 4. The number of aromatic amines is 2. The number of anilines is 1. The molecule has 1 saturated carbocycles. The number of amides is 1. The first-order valence-corrected chi connectivity index (χ1v) is 8.70. The van der Waals surface area contributed by atoms with Gasteiger partial charge >= 0.3 is 0 Å². The number of rotatable bonds is 4. The number of alkyl halides is 1. The van der Waals surface area contributed by atoms with Crippen LogP contribution in [0.2, 0.25) is 0 Å². The highest BCUT2D eigenvalue weighted by Gasteiger charge is 2.43. The largest absolute Gasteiger partial charge is 0.494 e. The Labute approximate surface area is 157 Å². The molecule has 1 fully saturated rings. The fourth-order valence-electron chi connectivity index (χ4n) is 3.41. The summed E-state index contributed by atoms with van der Waals surface area (Å²) in [7, 11) is 1.51. The van der Waals surface area contributed by atoms with Crippen molar-refractivity contribution >= 4 is 33.8 Å². The lowest BCUT2D eigenvalue weighted by molar-refractivity contribution is -0.117. The number of fused-ring (bicyclic) bond motifs is 2. The summed E-state index contributed by atoms with van der Waals surface area (Å²) in [4.78, 5) is 26.2. The Morgan fingerprint density at radius 1 is 1.32 bits per heavy atom. The summed E-state index contributed by atoms with van der Waals surface area (Å²) in [6.45, 7) is 0. The monoisotopic (exact) mass is 383 g/mol. The molecule has 3 N–H and O–H groups in total. The number of carbonyl (C=O) groups excluding carboxylic acids is 1. The zero-order chi connectivity index (χ0) is 19.4. The average molecular weight is 383 g/mol. The van der Waals surface area contributed by atoms with E-state index in [2.05, 4.69) is 25.3 Å². The van der Waals surface area contributed by atoms with Crippen LogP contribution in [0.1, 0.15) is 6.42 Å². The lowest BCUT2D eigenvalue weighted by Gasteiger charge is -2.10. The first-order valence-electron chi connectivity index (χ1n) is 8.70. The number of halogens is 2. The highest BCUT2D eigenvalue weighted by molar-refractivity contribution is 6.01. The SMILES string of the molecule is COc1c(-c2c[nH]c3nc(NC(=O)[C@@H]4C[C@@H]4F)ccc23)cc(F)c2nc[nH]c12. The molecule has 0 spiro atoms. The number of methoxy groups -OCH3 is 1. The van der Waals surface area contributed by atoms with Gasteiger partial charge in [-0.2, -0.15) is 0 Å². The van der Waals surface area contributed by atoms with E-state index in [1.807, 2.05) is 0 Å². The van der Waals surface area contributed by atoms with Crippen LogP contribution in [0, 0.1) is 11.7 Å². The van der Waals surface area contributed by atoms with E-state index in [0.717, 1.165) is 5.39 Å². The predicted molar refractivity (Wildman–Crippen MR) is 99.3 cm³/mol. The second kappa shape index (κ2) is 6.01. The molecule has 0 aliphatic heterocycles. The normalized spacial score (nSPS) is 18.5. The first-order chi connectivity index (χ1) is 13.6. The Morgan fingerprint density at radius 2 is 2.14 bits per heavy atom. The number of pyridine rings is 1. The van der Waals surface area contributed by atoms with Crippen LogP contribution in [0.4, 0.5) is 14.6 Å². The summed E-state index contributed by atoms with van der Waals surface area (Å²) in [6.07, 6.45) is 2.29. The molecule has 2 atom stereocenters. The van der Waals surface area contributed by atoms with Gasteiger partial charge in [0.1, 0.15) is 28.7 Å². The fourth-order valence-corrected chi connectivity index (χ4v) is 3.41. The maximum Gasteiger partial charge on any atom is 0.231 e. The second-order valence-electron chi connectivity index (χ2n) is 6.71. The Kier molecular flexibility index (Phi) is 3.58. The molecule has 3 aromatic heterocycles. The third-order valence-corrected chi connectivity index (χ3v) is 4.94. The average Bonchev–Trinajstić information content (AvgIpc) is 3.08. The van der Waals surface area contributed by atoms with E-state index in [1.165, 1.54) is 19.5 Å². The van der Waals surface area contributed by atoms with Crippen LogP contribution in [-0.4, -0.2) is 39.1 Å². The molecule has 1 aliphatic carbocycles.